The largest absolute Gasteiger partial charge is 0.392 e. The molecular formula is C16H12FN3O3. The van der Waals surface area contributed by atoms with Crippen molar-refractivity contribution in [2.24, 2.45) is 0 Å². The smallest absolute Gasteiger partial charge is 0.277 e. The SMILES string of the molecule is O=C(Nc1cnccc1CO)c1cc(-c2ccccc2F)on1. The van der Waals surface area contributed by atoms with E-state index in [1.807, 2.05) is 0 Å². The van der Waals surface area contributed by atoms with E-state index in [0.29, 0.717) is 11.3 Å². The van der Waals surface area contributed by atoms with Crippen molar-refractivity contribution in [1.82, 2.24) is 10.1 Å². The Morgan fingerprint density at radius 2 is 2.13 bits per heavy atom. The Bertz CT molecular complexity index is 848. The van der Waals surface area contributed by atoms with Crippen LogP contribution in [-0.4, -0.2) is 21.2 Å². The molecule has 0 radical (unpaired) electrons. The molecule has 0 aliphatic rings. The molecule has 0 spiro atoms. The summed E-state index contributed by atoms with van der Waals surface area (Å²) in [7, 11) is 0. The van der Waals surface area contributed by atoms with E-state index >= 15 is 0 Å². The maximum atomic E-state index is 13.7. The van der Waals surface area contributed by atoms with Gasteiger partial charge in [0.05, 0.1) is 24.1 Å². The van der Waals surface area contributed by atoms with Gasteiger partial charge in [0, 0.05) is 17.8 Å². The van der Waals surface area contributed by atoms with Gasteiger partial charge in [-0.25, -0.2) is 4.39 Å². The number of aromatic nitrogens is 2. The van der Waals surface area contributed by atoms with Crippen LogP contribution in [-0.2, 0) is 6.61 Å². The first-order valence-corrected chi connectivity index (χ1v) is 6.75. The normalized spacial score (nSPS) is 10.5. The maximum Gasteiger partial charge on any atom is 0.277 e. The van der Waals surface area contributed by atoms with Crippen molar-refractivity contribution in [1.29, 1.82) is 0 Å². The Balaban J connectivity index is 1.83. The van der Waals surface area contributed by atoms with Gasteiger partial charge in [0.15, 0.2) is 11.5 Å². The number of aliphatic hydroxyl groups is 1. The summed E-state index contributed by atoms with van der Waals surface area (Å²) in [5, 5.41) is 15.5. The third-order valence-corrected chi connectivity index (χ3v) is 3.21. The van der Waals surface area contributed by atoms with E-state index in [2.05, 4.69) is 15.5 Å². The van der Waals surface area contributed by atoms with Crippen molar-refractivity contribution in [2.75, 3.05) is 5.32 Å². The highest BCUT2D eigenvalue weighted by Gasteiger charge is 2.16. The minimum atomic E-state index is -0.543. The number of nitrogens with zero attached hydrogens (tertiary/aromatic N) is 2. The number of rotatable bonds is 4. The molecule has 0 bridgehead atoms. The number of aliphatic hydroxyl groups excluding tert-OH is 1. The fourth-order valence-electron chi connectivity index (χ4n) is 2.03. The van der Waals surface area contributed by atoms with Gasteiger partial charge < -0.3 is 14.9 Å². The molecule has 3 aromatic rings. The van der Waals surface area contributed by atoms with E-state index in [-0.39, 0.29) is 23.6 Å². The molecule has 2 heterocycles. The third-order valence-electron chi connectivity index (χ3n) is 3.21. The summed E-state index contributed by atoms with van der Waals surface area (Å²) >= 11 is 0. The predicted octanol–water partition coefficient (Wildman–Crippen LogP) is 2.62. The molecule has 116 valence electrons. The first kappa shape index (κ1) is 14.9. The summed E-state index contributed by atoms with van der Waals surface area (Å²) in [5.41, 5.74) is 1.11. The highest BCUT2D eigenvalue weighted by molar-refractivity contribution is 6.03. The molecule has 1 aromatic carbocycles. The molecule has 0 unspecified atom stereocenters. The molecule has 0 fully saturated rings. The topological polar surface area (TPSA) is 88.2 Å². The molecule has 0 aliphatic carbocycles. The lowest BCUT2D eigenvalue weighted by atomic mass is 10.1. The zero-order valence-corrected chi connectivity index (χ0v) is 11.9. The van der Waals surface area contributed by atoms with Gasteiger partial charge in [-0.3, -0.25) is 9.78 Å². The van der Waals surface area contributed by atoms with Gasteiger partial charge in [-0.15, -0.1) is 0 Å². The van der Waals surface area contributed by atoms with Crippen molar-refractivity contribution in [3.8, 4) is 11.3 Å². The number of benzene rings is 1. The minimum absolute atomic E-state index is 0.00371. The van der Waals surface area contributed by atoms with E-state index in [9.17, 15) is 14.3 Å². The van der Waals surface area contributed by atoms with Crippen LogP contribution in [0.4, 0.5) is 10.1 Å². The Morgan fingerprint density at radius 3 is 2.91 bits per heavy atom. The van der Waals surface area contributed by atoms with Crippen LogP contribution in [0, 0.1) is 5.82 Å². The average molecular weight is 313 g/mol. The summed E-state index contributed by atoms with van der Waals surface area (Å²) in [6.07, 6.45) is 2.93. The summed E-state index contributed by atoms with van der Waals surface area (Å²) < 4.78 is 18.7. The number of carbonyl (C=O) groups is 1. The van der Waals surface area contributed by atoms with Crippen LogP contribution in [0.2, 0.25) is 0 Å². The number of pyridine rings is 1. The van der Waals surface area contributed by atoms with E-state index in [1.165, 1.54) is 30.6 Å². The number of anilines is 1. The predicted molar refractivity (Wildman–Crippen MR) is 80.0 cm³/mol. The quantitative estimate of drug-likeness (QED) is 0.773. The summed E-state index contributed by atoms with van der Waals surface area (Å²) in [4.78, 5) is 16.1. The number of carbonyl (C=O) groups excluding carboxylic acids is 1. The van der Waals surface area contributed by atoms with Crippen molar-refractivity contribution in [3.63, 3.8) is 0 Å². The lowest BCUT2D eigenvalue weighted by Crippen LogP contribution is -2.13. The van der Waals surface area contributed by atoms with Crippen LogP contribution < -0.4 is 5.32 Å². The van der Waals surface area contributed by atoms with E-state index in [4.69, 9.17) is 4.52 Å². The molecule has 6 nitrogen and oxygen atoms in total. The lowest BCUT2D eigenvalue weighted by Gasteiger charge is -2.06. The number of hydrogen-bond donors (Lipinski definition) is 2. The van der Waals surface area contributed by atoms with Crippen LogP contribution in [0.15, 0.2) is 53.3 Å². The van der Waals surface area contributed by atoms with Crippen LogP contribution >= 0.6 is 0 Å². The zero-order valence-electron chi connectivity index (χ0n) is 11.9. The first-order valence-electron chi connectivity index (χ1n) is 6.75. The number of nitrogens with one attached hydrogen (secondary N) is 1. The van der Waals surface area contributed by atoms with Gasteiger partial charge in [0.1, 0.15) is 5.82 Å². The molecule has 7 heteroatoms. The summed E-state index contributed by atoms with van der Waals surface area (Å²) in [6, 6.07) is 8.97. The molecule has 0 saturated heterocycles. The van der Waals surface area contributed by atoms with Crippen molar-refractivity contribution in [3.05, 3.63) is 65.9 Å². The summed E-state index contributed by atoms with van der Waals surface area (Å²) in [5.74, 6) is -0.855. The van der Waals surface area contributed by atoms with Crippen LogP contribution in [0.1, 0.15) is 16.1 Å². The Labute approximate surface area is 130 Å². The van der Waals surface area contributed by atoms with Crippen LogP contribution in [0.5, 0.6) is 0 Å². The molecular weight excluding hydrogens is 301 g/mol. The standard InChI is InChI=1S/C16H12FN3O3/c17-12-4-2-1-3-11(12)15-7-13(20-23-15)16(22)19-14-8-18-6-5-10(14)9-21/h1-8,21H,9H2,(H,19,22). The third kappa shape index (κ3) is 3.09. The van der Waals surface area contributed by atoms with Gasteiger partial charge in [-0.05, 0) is 18.2 Å². The molecule has 2 aromatic heterocycles. The highest BCUT2D eigenvalue weighted by Crippen LogP contribution is 2.23. The first-order chi connectivity index (χ1) is 11.2. The highest BCUT2D eigenvalue weighted by atomic mass is 19.1. The molecule has 0 saturated carbocycles. The van der Waals surface area contributed by atoms with Crippen molar-refractivity contribution >= 4 is 11.6 Å². The van der Waals surface area contributed by atoms with E-state index in [0.717, 1.165) is 0 Å². The number of hydrogen-bond acceptors (Lipinski definition) is 5. The maximum absolute atomic E-state index is 13.7. The van der Waals surface area contributed by atoms with Gasteiger partial charge in [0.25, 0.3) is 5.91 Å². The van der Waals surface area contributed by atoms with Crippen molar-refractivity contribution < 1.29 is 18.8 Å². The fraction of sp³-hybridized carbons (Fsp3) is 0.0625. The molecule has 0 aliphatic heterocycles. The second-order valence-electron chi connectivity index (χ2n) is 4.70. The van der Waals surface area contributed by atoms with Crippen molar-refractivity contribution in [2.45, 2.75) is 6.61 Å². The average Bonchev–Trinajstić information content (AvgIpc) is 3.05. The monoisotopic (exact) mass is 313 g/mol. The fourth-order valence-corrected chi connectivity index (χ4v) is 2.03. The Morgan fingerprint density at radius 1 is 1.30 bits per heavy atom. The van der Waals surface area contributed by atoms with Gasteiger partial charge in [-0.1, -0.05) is 17.3 Å². The van der Waals surface area contributed by atoms with Gasteiger partial charge >= 0.3 is 0 Å². The van der Waals surface area contributed by atoms with Crippen LogP contribution in [0.25, 0.3) is 11.3 Å². The molecule has 0 atom stereocenters. The van der Waals surface area contributed by atoms with Gasteiger partial charge in [-0.2, -0.15) is 0 Å². The minimum Gasteiger partial charge on any atom is -0.392 e. The van der Waals surface area contributed by atoms with E-state index in [1.54, 1.807) is 18.2 Å². The second kappa shape index (κ2) is 6.37. The number of halogens is 1. The Kier molecular flexibility index (Phi) is 4.11. The van der Waals surface area contributed by atoms with Crippen LogP contribution in [0.3, 0.4) is 0 Å². The second-order valence-corrected chi connectivity index (χ2v) is 4.70. The molecule has 3 rings (SSSR count). The zero-order chi connectivity index (χ0) is 16.2. The molecule has 1 amide bonds. The van der Waals surface area contributed by atoms with Gasteiger partial charge in [0.2, 0.25) is 0 Å². The number of amides is 1. The molecule has 23 heavy (non-hydrogen) atoms. The Hall–Kier alpha value is -3.06. The lowest BCUT2D eigenvalue weighted by molar-refractivity contribution is 0.101. The van der Waals surface area contributed by atoms with E-state index < -0.39 is 11.7 Å². The molecule has 2 N–H and O–H groups in total. The summed E-state index contributed by atoms with van der Waals surface area (Å²) in [6.45, 7) is -0.239.